The summed E-state index contributed by atoms with van der Waals surface area (Å²) in [5.74, 6) is 1.30. The molecule has 1 rings (SSSR count). The Bertz CT molecular complexity index is 273. The van der Waals surface area contributed by atoms with Crippen LogP contribution in [-0.4, -0.2) is 13.3 Å². The van der Waals surface area contributed by atoms with E-state index in [1.807, 2.05) is 18.2 Å². The molecule has 0 heterocycles. The van der Waals surface area contributed by atoms with Crippen LogP contribution in [0.3, 0.4) is 0 Å². The van der Waals surface area contributed by atoms with Crippen molar-refractivity contribution >= 4 is 0 Å². The van der Waals surface area contributed by atoms with Gasteiger partial charge in [0.05, 0.1) is 0 Å². The average Bonchev–Trinajstić information content (AvgIpc) is 2.25. The second kappa shape index (κ2) is 5.63. The third-order valence-corrected chi connectivity index (χ3v) is 2.39. The second-order valence-corrected chi connectivity index (χ2v) is 3.42. The molecule has 0 saturated carbocycles. The van der Waals surface area contributed by atoms with E-state index >= 15 is 0 Å². The van der Waals surface area contributed by atoms with Crippen LogP contribution in [0.15, 0.2) is 24.3 Å². The van der Waals surface area contributed by atoms with E-state index in [0.717, 1.165) is 12.2 Å². The van der Waals surface area contributed by atoms with E-state index in [0.29, 0.717) is 5.92 Å². The van der Waals surface area contributed by atoms with E-state index < -0.39 is 6.67 Å². The van der Waals surface area contributed by atoms with Gasteiger partial charge in [-0.2, -0.15) is 0 Å². The number of benzene rings is 1. The lowest BCUT2D eigenvalue weighted by atomic mass is 9.99. The average molecular weight is 196 g/mol. The molecular formula is C12H17FO. The number of halogens is 1. The second-order valence-electron chi connectivity index (χ2n) is 3.42. The molecule has 1 aromatic carbocycles. The van der Waals surface area contributed by atoms with Crippen molar-refractivity contribution in [3.8, 4) is 5.75 Å². The quantitative estimate of drug-likeness (QED) is 0.699. The van der Waals surface area contributed by atoms with E-state index in [4.69, 9.17) is 4.74 Å². The highest BCUT2D eigenvalue weighted by Gasteiger charge is 2.03. The van der Waals surface area contributed by atoms with Gasteiger partial charge in [-0.25, -0.2) is 4.39 Å². The maximum absolute atomic E-state index is 11.9. The summed E-state index contributed by atoms with van der Waals surface area (Å²) in [4.78, 5) is 0. The van der Waals surface area contributed by atoms with Crippen molar-refractivity contribution in [3.05, 3.63) is 29.8 Å². The van der Waals surface area contributed by atoms with Gasteiger partial charge in [-0.15, -0.1) is 0 Å². The molecule has 14 heavy (non-hydrogen) atoms. The fourth-order valence-corrected chi connectivity index (χ4v) is 1.30. The Hall–Kier alpha value is -1.05. The predicted molar refractivity (Wildman–Crippen MR) is 56.6 cm³/mol. The van der Waals surface area contributed by atoms with Crippen LogP contribution >= 0.6 is 0 Å². The fraction of sp³-hybridized carbons (Fsp3) is 0.500. The standard InChI is InChI=1S/C12H17FO/c1-3-10(2)11-5-4-6-12(9-11)14-8-7-13/h4-6,9-10H,3,7-8H2,1-2H3. The first-order valence-corrected chi connectivity index (χ1v) is 5.06. The van der Waals surface area contributed by atoms with Crippen LogP contribution in [0.25, 0.3) is 0 Å². The number of hydrogen-bond acceptors (Lipinski definition) is 1. The van der Waals surface area contributed by atoms with Gasteiger partial charge < -0.3 is 4.74 Å². The van der Waals surface area contributed by atoms with Crippen LogP contribution in [0, 0.1) is 0 Å². The molecule has 78 valence electrons. The predicted octanol–water partition coefficient (Wildman–Crippen LogP) is 3.55. The molecule has 0 N–H and O–H groups in total. The van der Waals surface area contributed by atoms with E-state index in [1.165, 1.54) is 5.56 Å². The van der Waals surface area contributed by atoms with E-state index in [-0.39, 0.29) is 6.61 Å². The molecule has 0 spiro atoms. The van der Waals surface area contributed by atoms with Crippen molar-refractivity contribution < 1.29 is 9.13 Å². The zero-order valence-electron chi connectivity index (χ0n) is 8.79. The Morgan fingerprint density at radius 3 is 2.86 bits per heavy atom. The summed E-state index contributed by atoms with van der Waals surface area (Å²) in [6.07, 6.45) is 1.10. The molecule has 0 aromatic heterocycles. The minimum absolute atomic E-state index is 0.143. The molecule has 0 aliphatic rings. The van der Waals surface area contributed by atoms with Crippen LogP contribution in [0.4, 0.5) is 4.39 Å². The summed E-state index contributed by atoms with van der Waals surface area (Å²) in [7, 11) is 0. The summed E-state index contributed by atoms with van der Waals surface area (Å²) in [5.41, 5.74) is 1.25. The van der Waals surface area contributed by atoms with Gasteiger partial charge in [-0.1, -0.05) is 26.0 Å². The largest absolute Gasteiger partial charge is 0.491 e. The maximum Gasteiger partial charge on any atom is 0.123 e. The summed E-state index contributed by atoms with van der Waals surface area (Å²) in [5, 5.41) is 0. The minimum Gasteiger partial charge on any atom is -0.491 e. The SMILES string of the molecule is CCC(C)c1cccc(OCCF)c1. The van der Waals surface area contributed by atoms with Crippen LogP contribution in [-0.2, 0) is 0 Å². The topological polar surface area (TPSA) is 9.23 Å². The molecule has 0 amide bonds. The highest BCUT2D eigenvalue weighted by molar-refractivity contribution is 5.30. The van der Waals surface area contributed by atoms with Gasteiger partial charge in [-0.3, -0.25) is 0 Å². The molecule has 1 nitrogen and oxygen atoms in total. The number of hydrogen-bond donors (Lipinski definition) is 0. The van der Waals surface area contributed by atoms with E-state index in [9.17, 15) is 4.39 Å². The first-order valence-electron chi connectivity index (χ1n) is 5.06. The van der Waals surface area contributed by atoms with Crippen LogP contribution < -0.4 is 4.74 Å². The van der Waals surface area contributed by atoms with Gasteiger partial charge >= 0.3 is 0 Å². The molecule has 1 unspecified atom stereocenters. The van der Waals surface area contributed by atoms with Crippen molar-refractivity contribution in [1.82, 2.24) is 0 Å². The lowest BCUT2D eigenvalue weighted by Crippen LogP contribution is -1.99. The summed E-state index contributed by atoms with van der Waals surface area (Å²) >= 11 is 0. The molecule has 0 fully saturated rings. The summed E-state index contributed by atoms with van der Waals surface area (Å²) < 4.78 is 17.1. The monoisotopic (exact) mass is 196 g/mol. The molecule has 2 heteroatoms. The van der Waals surface area contributed by atoms with Gasteiger partial charge in [0.1, 0.15) is 19.0 Å². The number of ether oxygens (including phenoxy) is 1. The summed E-state index contributed by atoms with van der Waals surface area (Å²) in [6.45, 7) is 4.03. The smallest absolute Gasteiger partial charge is 0.123 e. The van der Waals surface area contributed by atoms with Crippen LogP contribution in [0.5, 0.6) is 5.75 Å². The zero-order valence-corrected chi connectivity index (χ0v) is 8.79. The lowest BCUT2D eigenvalue weighted by molar-refractivity contribution is 0.273. The van der Waals surface area contributed by atoms with Crippen molar-refractivity contribution in [1.29, 1.82) is 0 Å². The third kappa shape index (κ3) is 3.02. The number of rotatable bonds is 5. The molecule has 0 aliphatic carbocycles. The maximum atomic E-state index is 11.9. The lowest BCUT2D eigenvalue weighted by Gasteiger charge is -2.10. The van der Waals surface area contributed by atoms with Crippen molar-refractivity contribution in [2.75, 3.05) is 13.3 Å². The summed E-state index contributed by atoms with van der Waals surface area (Å²) in [6, 6.07) is 7.89. The van der Waals surface area contributed by atoms with Gasteiger partial charge in [0.25, 0.3) is 0 Å². The third-order valence-electron chi connectivity index (χ3n) is 2.39. The Labute approximate surface area is 84.9 Å². The van der Waals surface area contributed by atoms with Gasteiger partial charge in [-0.05, 0) is 30.0 Å². The number of alkyl halides is 1. The van der Waals surface area contributed by atoms with E-state index in [1.54, 1.807) is 0 Å². The van der Waals surface area contributed by atoms with Crippen LogP contribution in [0.2, 0.25) is 0 Å². The fourth-order valence-electron chi connectivity index (χ4n) is 1.30. The van der Waals surface area contributed by atoms with Crippen molar-refractivity contribution in [3.63, 3.8) is 0 Å². The van der Waals surface area contributed by atoms with Gasteiger partial charge in [0.2, 0.25) is 0 Å². The Morgan fingerprint density at radius 2 is 2.21 bits per heavy atom. The highest BCUT2D eigenvalue weighted by Crippen LogP contribution is 2.22. The Morgan fingerprint density at radius 1 is 1.43 bits per heavy atom. The molecule has 0 radical (unpaired) electrons. The highest BCUT2D eigenvalue weighted by atomic mass is 19.1. The minimum atomic E-state index is -0.437. The molecule has 0 bridgehead atoms. The van der Waals surface area contributed by atoms with Crippen LogP contribution in [0.1, 0.15) is 31.7 Å². The van der Waals surface area contributed by atoms with Crippen molar-refractivity contribution in [2.24, 2.45) is 0 Å². The first kappa shape index (κ1) is 11.0. The van der Waals surface area contributed by atoms with Gasteiger partial charge in [0, 0.05) is 0 Å². The Balaban J connectivity index is 2.68. The zero-order chi connectivity index (χ0) is 10.4. The Kier molecular flexibility index (Phi) is 4.44. The van der Waals surface area contributed by atoms with Crippen molar-refractivity contribution in [2.45, 2.75) is 26.2 Å². The molecule has 0 saturated heterocycles. The molecular weight excluding hydrogens is 179 g/mol. The van der Waals surface area contributed by atoms with Gasteiger partial charge in [0.15, 0.2) is 0 Å². The van der Waals surface area contributed by atoms with E-state index in [2.05, 4.69) is 19.9 Å². The molecule has 1 atom stereocenters. The normalized spacial score (nSPS) is 12.5. The first-order chi connectivity index (χ1) is 6.77. The molecule has 1 aromatic rings. The molecule has 0 aliphatic heterocycles.